The summed E-state index contributed by atoms with van der Waals surface area (Å²) in [5, 5.41) is 12.6. The van der Waals surface area contributed by atoms with Crippen LogP contribution in [-0.2, 0) is 4.84 Å². The number of aliphatic hydroxyl groups is 1. The van der Waals surface area contributed by atoms with Gasteiger partial charge in [0.2, 0.25) is 0 Å². The highest BCUT2D eigenvalue weighted by atomic mass is 79.9. The molecule has 0 saturated heterocycles. The zero-order valence-electron chi connectivity index (χ0n) is 7.22. The highest BCUT2D eigenvalue weighted by Crippen LogP contribution is 2.14. The Morgan fingerprint density at radius 2 is 2.21 bits per heavy atom. The number of oxime groups is 1. The van der Waals surface area contributed by atoms with E-state index >= 15 is 0 Å². The number of halogens is 1. The van der Waals surface area contributed by atoms with Crippen molar-refractivity contribution in [2.24, 2.45) is 5.16 Å². The molecular weight excluding hydrogens is 250 g/mol. The van der Waals surface area contributed by atoms with Gasteiger partial charge in [-0.05, 0) is 15.9 Å². The molecule has 0 spiro atoms. The van der Waals surface area contributed by atoms with E-state index in [9.17, 15) is 0 Å². The third-order valence-electron chi connectivity index (χ3n) is 1.82. The molecule has 1 N–H and O–H groups in total. The molecule has 1 aromatic heterocycles. The fourth-order valence-electron chi connectivity index (χ4n) is 1.12. The van der Waals surface area contributed by atoms with E-state index in [2.05, 4.69) is 31.1 Å². The summed E-state index contributed by atoms with van der Waals surface area (Å²) in [6.07, 6.45) is 3.60. The smallest absolute Gasteiger partial charge is 0.177 e. The molecule has 1 aliphatic heterocycles. The second-order valence-electron chi connectivity index (χ2n) is 2.88. The molecule has 1 aliphatic rings. The van der Waals surface area contributed by atoms with E-state index in [-0.39, 0.29) is 12.7 Å². The molecule has 1 unspecified atom stereocenters. The monoisotopic (exact) mass is 257 g/mol. The fraction of sp³-hybridized carbons (Fsp3) is 0.375. The predicted molar refractivity (Wildman–Crippen MR) is 52.8 cm³/mol. The maximum atomic E-state index is 8.83. The van der Waals surface area contributed by atoms with Gasteiger partial charge in [0.15, 0.2) is 11.9 Å². The minimum absolute atomic E-state index is 0.0382. The molecular formula is C8H8BrN3O2. The molecule has 14 heavy (non-hydrogen) atoms. The van der Waals surface area contributed by atoms with Crippen molar-refractivity contribution in [1.29, 1.82) is 0 Å². The average molecular weight is 258 g/mol. The van der Waals surface area contributed by atoms with Crippen LogP contribution in [0.3, 0.4) is 0 Å². The molecule has 2 heterocycles. The number of aromatic nitrogens is 2. The van der Waals surface area contributed by atoms with Crippen LogP contribution in [0.5, 0.6) is 0 Å². The van der Waals surface area contributed by atoms with Gasteiger partial charge in [-0.3, -0.25) is 0 Å². The van der Waals surface area contributed by atoms with Gasteiger partial charge in [0.25, 0.3) is 0 Å². The molecule has 0 radical (unpaired) electrons. The quantitative estimate of drug-likeness (QED) is 0.848. The predicted octanol–water partition coefficient (Wildman–Crippen LogP) is 0.724. The van der Waals surface area contributed by atoms with Crippen molar-refractivity contribution in [3.63, 3.8) is 0 Å². The van der Waals surface area contributed by atoms with Crippen molar-refractivity contribution >= 4 is 21.6 Å². The minimum atomic E-state index is -0.253. The molecule has 5 nitrogen and oxygen atoms in total. The van der Waals surface area contributed by atoms with Gasteiger partial charge in [-0.2, -0.15) is 0 Å². The molecule has 0 saturated carbocycles. The van der Waals surface area contributed by atoms with Crippen molar-refractivity contribution in [1.82, 2.24) is 9.97 Å². The maximum absolute atomic E-state index is 8.83. The first-order chi connectivity index (χ1) is 6.79. The Hall–Kier alpha value is -1.01. The molecule has 2 rings (SSSR count). The summed E-state index contributed by atoms with van der Waals surface area (Å²) in [5.41, 5.74) is 0.677. The van der Waals surface area contributed by atoms with Gasteiger partial charge in [-0.15, -0.1) is 0 Å². The van der Waals surface area contributed by atoms with Crippen molar-refractivity contribution in [2.45, 2.75) is 12.5 Å². The van der Waals surface area contributed by atoms with Crippen LogP contribution in [0.1, 0.15) is 12.2 Å². The largest absolute Gasteiger partial charge is 0.392 e. The summed E-state index contributed by atoms with van der Waals surface area (Å²) in [6, 6.07) is 0. The molecule has 1 atom stereocenters. The Kier molecular flexibility index (Phi) is 2.74. The van der Waals surface area contributed by atoms with Crippen molar-refractivity contribution < 1.29 is 9.94 Å². The highest BCUT2D eigenvalue weighted by molar-refractivity contribution is 9.10. The number of rotatable bonds is 2. The average Bonchev–Trinajstić information content (AvgIpc) is 2.67. The van der Waals surface area contributed by atoms with Gasteiger partial charge in [0.1, 0.15) is 5.71 Å². The number of nitrogens with zero attached hydrogens (tertiary/aromatic N) is 3. The molecule has 0 amide bonds. The van der Waals surface area contributed by atoms with E-state index < -0.39 is 0 Å². The first-order valence-electron chi connectivity index (χ1n) is 4.11. The normalized spacial score (nSPS) is 20.4. The molecule has 1 aromatic rings. The lowest BCUT2D eigenvalue weighted by Crippen LogP contribution is -2.14. The Labute approximate surface area is 88.9 Å². The second-order valence-corrected chi connectivity index (χ2v) is 3.79. The first kappa shape index (κ1) is 9.54. The fourth-order valence-corrected chi connectivity index (χ4v) is 1.32. The Bertz CT molecular complexity index is 352. The zero-order chi connectivity index (χ0) is 9.97. The molecule has 0 aromatic carbocycles. The zero-order valence-corrected chi connectivity index (χ0v) is 8.81. The Morgan fingerprint density at radius 3 is 2.79 bits per heavy atom. The Morgan fingerprint density at radius 1 is 1.50 bits per heavy atom. The van der Waals surface area contributed by atoms with E-state index in [4.69, 9.17) is 9.94 Å². The van der Waals surface area contributed by atoms with Crippen LogP contribution >= 0.6 is 15.9 Å². The van der Waals surface area contributed by atoms with Crippen LogP contribution in [0.15, 0.2) is 22.0 Å². The van der Waals surface area contributed by atoms with E-state index in [1.165, 1.54) is 0 Å². The van der Waals surface area contributed by atoms with Gasteiger partial charge < -0.3 is 9.94 Å². The van der Waals surface area contributed by atoms with E-state index in [0.717, 1.165) is 4.47 Å². The van der Waals surface area contributed by atoms with Crippen LogP contribution in [0.2, 0.25) is 0 Å². The standard InChI is InChI=1S/C8H8BrN3O2/c9-5-2-10-8(11-3-5)7-1-6(4-13)14-12-7/h2-3,6,13H,1,4H2. The lowest BCUT2D eigenvalue weighted by molar-refractivity contribution is 0.0390. The maximum Gasteiger partial charge on any atom is 0.177 e. The lowest BCUT2D eigenvalue weighted by atomic mass is 10.2. The minimum Gasteiger partial charge on any atom is -0.392 e. The van der Waals surface area contributed by atoms with Gasteiger partial charge in [-0.25, -0.2) is 9.97 Å². The van der Waals surface area contributed by atoms with Crippen molar-refractivity contribution in [3.05, 3.63) is 22.7 Å². The summed E-state index contributed by atoms with van der Waals surface area (Å²) in [7, 11) is 0. The molecule has 0 bridgehead atoms. The van der Waals surface area contributed by atoms with E-state index in [1.807, 2.05) is 0 Å². The van der Waals surface area contributed by atoms with Crippen molar-refractivity contribution in [2.75, 3.05) is 6.61 Å². The van der Waals surface area contributed by atoms with Gasteiger partial charge in [0.05, 0.1) is 11.1 Å². The van der Waals surface area contributed by atoms with Crippen LogP contribution in [0, 0.1) is 0 Å². The topological polar surface area (TPSA) is 67.6 Å². The van der Waals surface area contributed by atoms with Crippen LogP contribution in [-0.4, -0.2) is 33.5 Å². The third kappa shape index (κ3) is 1.91. The molecule has 6 heteroatoms. The Balaban J connectivity index is 2.13. The van der Waals surface area contributed by atoms with Gasteiger partial charge in [-0.1, -0.05) is 5.16 Å². The summed E-state index contributed by atoms with van der Waals surface area (Å²) in [6.45, 7) is -0.0382. The third-order valence-corrected chi connectivity index (χ3v) is 2.22. The van der Waals surface area contributed by atoms with Gasteiger partial charge in [0, 0.05) is 18.8 Å². The summed E-state index contributed by atoms with van der Waals surface area (Å²) in [5.74, 6) is 0.546. The van der Waals surface area contributed by atoms with Crippen LogP contribution in [0.25, 0.3) is 0 Å². The van der Waals surface area contributed by atoms with Crippen LogP contribution in [0.4, 0.5) is 0 Å². The highest BCUT2D eigenvalue weighted by Gasteiger charge is 2.22. The van der Waals surface area contributed by atoms with E-state index in [1.54, 1.807) is 12.4 Å². The van der Waals surface area contributed by atoms with Crippen molar-refractivity contribution in [3.8, 4) is 0 Å². The summed E-state index contributed by atoms with van der Waals surface area (Å²) >= 11 is 3.24. The second kappa shape index (κ2) is 4.02. The van der Waals surface area contributed by atoms with Gasteiger partial charge >= 0.3 is 0 Å². The summed E-state index contributed by atoms with van der Waals surface area (Å²) in [4.78, 5) is 13.1. The number of aliphatic hydroxyl groups excluding tert-OH is 1. The molecule has 74 valence electrons. The summed E-state index contributed by atoms with van der Waals surface area (Å²) < 4.78 is 0.819. The first-order valence-corrected chi connectivity index (χ1v) is 4.90. The lowest BCUT2D eigenvalue weighted by Gasteiger charge is -2.00. The number of hydrogen-bond donors (Lipinski definition) is 1. The SMILES string of the molecule is OCC1CC(c2ncc(Br)cn2)=NO1. The molecule has 0 fully saturated rings. The molecule has 0 aliphatic carbocycles. The van der Waals surface area contributed by atoms with E-state index in [0.29, 0.717) is 18.0 Å². The van der Waals surface area contributed by atoms with Crippen LogP contribution < -0.4 is 0 Å². The number of hydrogen-bond acceptors (Lipinski definition) is 5.